The van der Waals surface area contributed by atoms with E-state index in [2.05, 4.69) is 55.6 Å². The van der Waals surface area contributed by atoms with Gasteiger partial charge in [0.1, 0.15) is 0 Å². The molecule has 106 valence electrons. The first-order valence-electron chi connectivity index (χ1n) is 7.19. The third kappa shape index (κ3) is 3.69. The van der Waals surface area contributed by atoms with Gasteiger partial charge in [0, 0.05) is 18.7 Å². The van der Waals surface area contributed by atoms with Gasteiger partial charge < -0.3 is 10.4 Å². The average Bonchev–Trinajstić information content (AvgIpc) is 2.48. The van der Waals surface area contributed by atoms with Gasteiger partial charge in [-0.15, -0.1) is 0 Å². The maximum Gasteiger partial charge on any atom is 0.0449 e. The Labute approximate surface area is 121 Å². The van der Waals surface area contributed by atoms with E-state index in [9.17, 15) is 5.11 Å². The summed E-state index contributed by atoms with van der Waals surface area (Å²) >= 11 is 0. The van der Waals surface area contributed by atoms with Gasteiger partial charge in [-0.05, 0) is 37.0 Å². The number of benzene rings is 2. The van der Waals surface area contributed by atoms with E-state index in [1.807, 2.05) is 18.2 Å². The second-order valence-electron chi connectivity index (χ2n) is 5.22. The third-order valence-corrected chi connectivity index (χ3v) is 3.73. The molecule has 0 saturated heterocycles. The van der Waals surface area contributed by atoms with Crippen LogP contribution >= 0.6 is 0 Å². The topological polar surface area (TPSA) is 32.3 Å². The first-order chi connectivity index (χ1) is 9.72. The van der Waals surface area contributed by atoms with Gasteiger partial charge >= 0.3 is 0 Å². The van der Waals surface area contributed by atoms with Gasteiger partial charge in [0.15, 0.2) is 0 Å². The largest absolute Gasteiger partial charge is 0.396 e. The Morgan fingerprint density at radius 1 is 1.00 bits per heavy atom. The van der Waals surface area contributed by atoms with Crippen LogP contribution in [0.3, 0.4) is 0 Å². The normalized spacial score (nSPS) is 13.9. The maximum atomic E-state index is 9.30. The second-order valence-corrected chi connectivity index (χ2v) is 5.22. The van der Waals surface area contributed by atoms with Crippen LogP contribution in [0.15, 0.2) is 54.6 Å². The van der Waals surface area contributed by atoms with E-state index in [0.717, 1.165) is 6.42 Å². The molecule has 0 aliphatic rings. The predicted octanol–water partition coefficient (Wildman–Crippen LogP) is 3.77. The second kappa shape index (κ2) is 7.22. The maximum absolute atomic E-state index is 9.30. The molecule has 0 heterocycles. The zero-order chi connectivity index (χ0) is 14.4. The van der Waals surface area contributed by atoms with Gasteiger partial charge in [0.05, 0.1) is 0 Å². The van der Waals surface area contributed by atoms with Crippen molar-refractivity contribution < 1.29 is 5.11 Å². The van der Waals surface area contributed by atoms with E-state index >= 15 is 0 Å². The van der Waals surface area contributed by atoms with Gasteiger partial charge in [-0.3, -0.25) is 0 Å². The summed E-state index contributed by atoms with van der Waals surface area (Å²) in [6, 6.07) is 19.2. The summed E-state index contributed by atoms with van der Waals surface area (Å²) in [5.41, 5.74) is 3.83. The van der Waals surface area contributed by atoms with E-state index < -0.39 is 0 Å². The molecule has 0 amide bonds. The number of aliphatic hydroxyl groups excluding tert-OH is 1. The van der Waals surface area contributed by atoms with Crippen LogP contribution in [0.4, 0.5) is 0 Å². The van der Waals surface area contributed by atoms with Crippen LogP contribution in [-0.4, -0.2) is 11.7 Å². The summed E-state index contributed by atoms with van der Waals surface area (Å²) in [7, 11) is 0. The zero-order valence-corrected chi connectivity index (χ0v) is 12.2. The number of aliphatic hydroxyl groups is 1. The Balaban J connectivity index is 2.14. The van der Waals surface area contributed by atoms with Crippen molar-refractivity contribution in [3.05, 3.63) is 71.3 Å². The minimum Gasteiger partial charge on any atom is -0.396 e. The fraction of sp³-hybridized carbons (Fsp3) is 0.333. The number of hydrogen-bond acceptors (Lipinski definition) is 2. The van der Waals surface area contributed by atoms with Crippen LogP contribution < -0.4 is 5.32 Å². The van der Waals surface area contributed by atoms with Crippen molar-refractivity contribution in [2.45, 2.75) is 32.4 Å². The van der Waals surface area contributed by atoms with Crippen LogP contribution in [-0.2, 0) is 0 Å². The zero-order valence-electron chi connectivity index (χ0n) is 12.2. The quantitative estimate of drug-likeness (QED) is 0.836. The first-order valence-corrected chi connectivity index (χ1v) is 7.19. The minimum atomic E-state index is 0.177. The van der Waals surface area contributed by atoms with Crippen LogP contribution in [0.5, 0.6) is 0 Å². The van der Waals surface area contributed by atoms with Crippen molar-refractivity contribution in [3.8, 4) is 0 Å². The van der Waals surface area contributed by atoms with Crippen molar-refractivity contribution in [1.29, 1.82) is 0 Å². The SMILES string of the molecule is Cc1ccccc1C(C)N[C@H](CCO)c1ccccc1. The standard InChI is InChI=1S/C18H23NO/c1-14-8-6-7-11-17(14)15(2)19-18(12-13-20)16-9-4-3-5-10-16/h3-11,15,18-20H,12-13H2,1-2H3/t15?,18-/m1/s1. The molecule has 2 aromatic carbocycles. The van der Waals surface area contributed by atoms with Crippen molar-refractivity contribution in [1.82, 2.24) is 5.32 Å². The average molecular weight is 269 g/mol. The summed E-state index contributed by atoms with van der Waals surface area (Å²) in [5, 5.41) is 12.9. The molecule has 0 saturated carbocycles. The summed E-state index contributed by atoms with van der Waals surface area (Å²) < 4.78 is 0. The minimum absolute atomic E-state index is 0.177. The van der Waals surface area contributed by atoms with E-state index in [1.165, 1.54) is 16.7 Å². The molecule has 2 nitrogen and oxygen atoms in total. The molecule has 2 N–H and O–H groups in total. The highest BCUT2D eigenvalue weighted by Crippen LogP contribution is 2.23. The van der Waals surface area contributed by atoms with E-state index in [0.29, 0.717) is 0 Å². The van der Waals surface area contributed by atoms with Gasteiger partial charge in [-0.1, -0.05) is 54.6 Å². The number of hydrogen-bond donors (Lipinski definition) is 2. The molecule has 0 spiro atoms. The molecule has 1 unspecified atom stereocenters. The molecule has 2 rings (SSSR count). The highest BCUT2D eigenvalue weighted by Gasteiger charge is 2.15. The molecule has 0 aliphatic heterocycles. The molecular formula is C18H23NO. The fourth-order valence-corrected chi connectivity index (χ4v) is 2.62. The van der Waals surface area contributed by atoms with Crippen LogP contribution in [0.25, 0.3) is 0 Å². The van der Waals surface area contributed by atoms with Crippen molar-refractivity contribution >= 4 is 0 Å². The molecular weight excluding hydrogens is 246 g/mol. The Morgan fingerprint density at radius 2 is 1.65 bits per heavy atom. The van der Waals surface area contributed by atoms with Gasteiger partial charge in [-0.2, -0.15) is 0 Å². The lowest BCUT2D eigenvalue weighted by Gasteiger charge is -2.24. The predicted molar refractivity (Wildman–Crippen MR) is 83.6 cm³/mol. The highest BCUT2D eigenvalue weighted by atomic mass is 16.3. The van der Waals surface area contributed by atoms with Crippen LogP contribution in [0.2, 0.25) is 0 Å². The Kier molecular flexibility index (Phi) is 5.33. The molecule has 2 aromatic rings. The molecule has 20 heavy (non-hydrogen) atoms. The van der Waals surface area contributed by atoms with Gasteiger partial charge in [0.2, 0.25) is 0 Å². The van der Waals surface area contributed by atoms with E-state index in [4.69, 9.17) is 0 Å². The van der Waals surface area contributed by atoms with E-state index in [1.54, 1.807) is 0 Å². The Morgan fingerprint density at radius 3 is 2.30 bits per heavy atom. The molecule has 2 atom stereocenters. The molecule has 0 aliphatic carbocycles. The van der Waals surface area contributed by atoms with Crippen molar-refractivity contribution in [3.63, 3.8) is 0 Å². The lowest BCUT2D eigenvalue weighted by atomic mass is 9.98. The summed E-state index contributed by atoms with van der Waals surface area (Å²) in [4.78, 5) is 0. The Bertz CT molecular complexity index is 524. The third-order valence-electron chi connectivity index (χ3n) is 3.73. The molecule has 0 bridgehead atoms. The monoisotopic (exact) mass is 269 g/mol. The summed E-state index contributed by atoms with van der Waals surface area (Å²) in [5.74, 6) is 0. The molecule has 0 radical (unpaired) electrons. The van der Waals surface area contributed by atoms with Crippen molar-refractivity contribution in [2.75, 3.05) is 6.61 Å². The van der Waals surface area contributed by atoms with Gasteiger partial charge in [0.25, 0.3) is 0 Å². The highest BCUT2D eigenvalue weighted by molar-refractivity contribution is 5.29. The van der Waals surface area contributed by atoms with E-state index in [-0.39, 0.29) is 18.7 Å². The van der Waals surface area contributed by atoms with Crippen LogP contribution in [0, 0.1) is 6.92 Å². The van der Waals surface area contributed by atoms with Crippen LogP contribution in [0.1, 0.15) is 42.1 Å². The summed E-state index contributed by atoms with van der Waals surface area (Å²) in [6.07, 6.45) is 0.722. The lowest BCUT2D eigenvalue weighted by molar-refractivity contribution is 0.260. The first kappa shape index (κ1) is 14.8. The summed E-state index contributed by atoms with van der Waals surface area (Å²) in [6.45, 7) is 4.50. The molecule has 2 heteroatoms. The van der Waals surface area contributed by atoms with Gasteiger partial charge in [-0.25, -0.2) is 0 Å². The number of rotatable bonds is 6. The smallest absolute Gasteiger partial charge is 0.0449 e. The Hall–Kier alpha value is -1.64. The number of aryl methyl sites for hydroxylation is 1. The molecule has 0 aromatic heterocycles. The van der Waals surface area contributed by atoms with Crippen molar-refractivity contribution in [2.24, 2.45) is 0 Å². The number of nitrogens with one attached hydrogen (secondary N) is 1. The lowest BCUT2D eigenvalue weighted by Crippen LogP contribution is -2.26. The fourth-order valence-electron chi connectivity index (χ4n) is 2.62. The molecule has 0 fully saturated rings.